The van der Waals surface area contributed by atoms with E-state index < -0.39 is 0 Å². The van der Waals surface area contributed by atoms with Crippen LogP contribution in [0.25, 0.3) is 38.1 Å². The van der Waals surface area contributed by atoms with Crippen molar-refractivity contribution in [1.82, 2.24) is 4.40 Å². The number of rotatable bonds is 0. The Morgan fingerprint density at radius 1 is 0.468 bits per heavy atom. The van der Waals surface area contributed by atoms with Gasteiger partial charge in [-0.2, -0.15) is 10.5 Å². The molecule has 2 heterocycles. The molecule has 5 aromatic rings. The van der Waals surface area contributed by atoms with Crippen molar-refractivity contribution in [3.8, 4) is 12.1 Å². The first-order valence-electron chi connectivity index (χ1n) is 19.3. The summed E-state index contributed by atoms with van der Waals surface area (Å²) in [5.74, 6) is 0. The van der Waals surface area contributed by atoms with Crippen LogP contribution in [0.3, 0.4) is 0 Å². The van der Waals surface area contributed by atoms with Gasteiger partial charge in [-0.15, -0.1) is 0 Å². The number of nitrogens with zero attached hydrogens (tertiary/aromatic N) is 3. The van der Waals surface area contributed by atoms with Gasteiger partial charge in [0, 0.05) is 21.5 Å². The quantitative estimate of drug-likeness (QED) is 0.174. The van der Waals surface area contributed by atoms with E-state index in [1.807, 2.05) is 0 Å². The second-order valence-electron chi connectivity index (χ2n) is 17.3. The zero-order valence-electron chi connectivity index (χ0n) is 27.9. The molecule has 3 heteroatoms. The molecule has 0 unspecified atom stereocenters. The van der Waals surface area contributed by atoms with Gasteiger partial charge in [0.1, 0.15) is 0 Å². The van der Waals surface area contributed by atoms with Crippen LogP contribution < -0.4 is 0 Å². The lowest BCUT2D eigenvalue weighted by Gasteiger charge is -2.46. The Morgan fingerprint density at radius 2 is 0.809 bits per heavy atom. The second kappa shape index (κ2) is 9.11. The third kappa shape index (κ3) is 3.15. The maximum absolute atomic E-state index is 11.0. The van der Waals surface area contributed by atoms with E-state index in [4.69, 9.17) is 0 Å². The number of fused-ring (bicyclic) bond motifs is 14. The lowest BCUT2D eigenvalue weighted by molar-refractivity contribution is 0.272. The van der Waals surface area contributed by atoms with E-state index in [-0.39, 0.29) is 21.7 Å². The highest BCUT2D eigenvalue weighted by atomic mass is 14.9. The summed E-state index contributed by atoms with van der Waals surface area (Å²) >= 11 is 0. The SMILES string of the molecule is N#Cc1cc2c(c3c1C1(CCCC1)CCC31CCCC1)c1cccc3c4c5c(c(C#N)cc4n2c13)C1(CCCC1)CCC51CCCC1. The lowest BCUT2D eigenvalue weighted by Crippen LogP contribution is -2.39. The van der Waals surface area contributed by atoms with Crippen LogP contribution in [0, 0.1) is 22.7 Å². The fraction of sp³-hybridized carbons (Fsp3) is 0.545. The van der Waals surface area contributed by atoms with Gasteiger partial charge in [0.15, 0.2) is 0 Å². The van der Waals surface area contributed by atoms with E-state index in [0.29, 0.717) is 0 Å². The number of para-hydroxylation sites is 1. The van der Waals surface area contributed by atoms with Crippen LogP contribution >= 0.6 is 0 Å². The molecule has 0 bridgehead atoms. The van der Waals surface area contributed by atoms with Crippen molar-refractivity contribution in [2.75, 3.05) is 0 Å². The van der Waals surface area contributed by atoms with E-state index in [0.717, 1.165) is 11.1 Å². The van der Waals surface area contributed by atoms with Gasteiger partial charge in [-0.05, 0) is 133 Å². The highest BCUT2D eigenvalue weighted by molar-refractivity contribution is 6.25. The summed E-state index contributed by atoms with van der Waals surface area (Å²) in [4.78, 5) is 0. The van der Waals surface area contributed by atoms with E-state index in [1.165, 1.54) is 178 Å². The van der Waals surface area contributed by atoms with Crippen molar-refractivity contribution in [3.05, 3.63) is 63.7 Å². The molecule has 47 heavy (non-hydrogen) atoms. The molecule has 2 aromatic heterocycles. The largest absolute Gasteiger partial charge is 0.308 e. The number of hydrogen-bond acceptors (Lipinski definition) is 2. The maximum atomic E-state index is 11.0. The molecule has 0 saturated heterocycles. The predicted octanol–water partition coefficient (Wildman–Crippen LogP) is 11.4. The molecule has 3 nitrogen and oxygen atoms in total. The number of benzene rings is 3. The predicted molar refractivity (Wildman–Crippen MR) is 190 cm³/mol. The molecule has 4 spiro atoms. The van der Waals surface area contributed by atoms with Crippen molar-refractivity contribution in [1.29, 1.82) is 10.5 Å². The third-order valence-electron chi connectivity index (χ3n) is 15.7. The zero-order chi connectivity index (χ0) is 31.2. The number of nitriles is 2. The topological polar surface area (TPSA) is 52.0 Å². The Labute approximate surface area is 278 Å². The normalized spacial score (nSPS) is 24.8. The van der Waals surface area contributed by atoms with E-state index >= 15 is 0 Å². The monoisotopic (exact) mass is 615 g/mol. The van der Waals surface area contributed by atoms with E-state index in [1.54, 1.807) is 11.1 Å². The van der Waals surface area contributed by atoms with Crippen LogP contribution in [0.15, 0.2) is 30.3 Å². The summed E-state index contributed by atoms with van der Waals surface area (Å²) in [6, 6.07) is 17.4. The third-order valence-corrected chi connectivity index (χ3v) is 15.7. The minimum Gasteiger partial charge on any atom is -0.308 e. The molecular formula is C44H45N3. The Bertz CT molecular complexity index is 2090. The first-order chi connectivity index (χ1) is 23.1. The van der Waals surface area contributed by atoms with Gasteiger partial charge >= 0.3 is 0 Å². The fourth-order valence-corrected chi connectivity index (χ4v) is 13.8. The molecule has 0 aliphatic heterocycles. The van der Waals surface area contributed by atoms with Crippen molar-refractivity contribution in [2.24, 2.45) is 0 Å². The van der Waals surface area contributed by atoms with Crippen molar-refractivity contribution in [3.63, 3.8) is 0 Å². The number of hydrogen-bond donors (Lipinski definition) is 0. The molecule has 4 fully saturated rings. The van der Waals surface area contributed by atoms with Gasteiger partial charge in [-0.3, -0.25) is 0 Å². The smallest absolute Gasteiger partial charge is 0.0995 e. The molecular weight excluding hydrogens is 571 g/mol. The van der Waals surface area contributed by atoms with Crippen LogP contribution in [0.4, 0.5) is 0 Å². The first kappa shape index (κ1) is 27.4. The average Bonchev–Trinajstić information content (AvgIpc) is 3.96. The Hall–Kier alpha value is -3.56. The lowest BCUT2D eigenvalue weighted by atomic mass is 9.57. The number of aromatic nitrogens is 1. The van der Waals surface area contributed by atoms with Crippen LogP contribution in [-0.4, -0.2) is 4.40 Å². The molecule has 236 valence electrons. The summed E-state index contributed by atoms with van der Waals surface area (Å²) in [6.45, 7) is 0. The Kier molecular flexibility index (Phi) is 5.31. The molecule has 0 amide bonds. The van der Waals surface area contributed by atoms with E-state index in [2.05, 4.69) is 46.9 Å². The minimum absolute atomic E-state index is 0.175. The van der Waals surface area contributed by atoms with Crippen molar-refractivity contribution < 1.29 is 0 Å². The van der Waals surface area contributed by atoms with Gasteiger partial charge in [0.2, 0.25) is 0 Å². The molecule has 0 atom stereocenters. The summed E-state index contributed by atoms with van der Waals surface area (Å²) in [6.07, 6.45) is 25.5. The van der Waals surface area contributed by atoms with Crippen LogP contribution in [0.5, 0.6) is 0 Å². The second-order valence-corrected chi connectivity index (χ2v) is 17.3. The van der Waals surface area contributed by atoms with Crippen LogP contribution in [0.1, 0.15) is 162 Å². The Morgan fingerprint density at radius 3 is 1.15 bits per heavy atom. The molecule has 4 saturated carbocycles. The highest BCUT2D eigenvalue weighted by Gasteiger charge is 2.53. The standard InChI is InChI=1S/C44H45N3/c45-26-28-24-32-34(38-36(28)41(12-1-2-13-41)20-22-43(38)16-5-6-17-43)30-10-9-11-31-35-33(47(32)40(30)31)25-29(27-46)37-39(35)44(18-7-8-19-44)23-21-42(37)14-3-4-15-42/h9-11,24-25H,1-8,12-23H2. The molecule has 3 aromatic carbocycles. The van der Waals surface area contributed by atoms with Crippen molar-refractivity contribution >= 4 is 38.1 Å². The summed E-state index contributed by atoms with van der Waals surface area (Å²) in [7, 11) is 0. The van der Waals surface area contributed by atoms with Gasteiger partial charge < -0.3 is 4.40 Å². The summed E-state index contributed by atoms with van der Waals surface area (Å²) in [5.41, 5.74) is 12.5. The van der Waals surface area contributed by atoms with Gasteiger partial charge in [-0.1, -0.05) is 69.6 Å². The van der Waals surface area contributed by atoms with Crippen molar-refractivity contribution in [2.45, 2.75) is 150 Å². The molecule has 0 N–H and O–H groups in total. The molecule has 11 rings (SSSR count). The summed E-state index contributed by atoms with van der Waals surface area (Å²) in [5, 5.41) is 27.6. The molecule has 6 aliphatic rings. The highest BCUT2D eigenvalue weighted by Crippen LogP contribution is 2.64. The zero-order valence-corrected chi connectivity index (χ0v) is 27.9. The van der Waals surface area contributed by atoms with E-state index in [9.17, 15) is 10.5 Å². The molecule has 0 radical (unpaired) electrons. The fourth-order valence-electron chi connectivity index (χ4n) is 13.8. The Balaban J connectivity index is 1.34. The maximum Gasteiger partial charge on any atom is 0.0995 e. The first-order valence-corrected chi connectivity index (χ1v) is 19.3. The van der Waals surface area contributed by atoms with Crippen LogP contribution in [-0.2, 0) is 21.7 Å². The van der Waals surface area contributed by atoms with Gasteiger partial charge in [0.25, 0.3) is 0 Å². The van der Waals surface area contributed by atoms with Gasteiger partial charge in [-0.25, -0.2) is 0 Å². The molecule has 6 aliphatic carbocycles. The van der Waals surface area contributed by atoms with Gasteiger partial charge in [0.05, 0.1) is 39.8 Å². The van der Waals surface area contributed by atoms with Crippen LogP contribution in [0.2, 0.25) is 0 Å². The minimum atomic E-state index is 0.175. The average molecular weight is 616 g/mol. The summed E-state index contributed by atoms with van der Waals surface area (Å²) < 4.78 is 2.56.